The molecule has 2 aromatic rings. The average Bonchev–Trinajstić information content (AvgIpc) is 2.48. The lowest BCUT2D eigenvalue weighted by atomic mass is 10.3. The molecular formula is C15H14BrClN2O2. The van der Waals surface area contributed by atoms with Gasteiger partial charge in [0.1, 0.15) is 5.75 Å². The quantitative estimate of drug-likeness (QED) is 0.832. The fraction of sp³-hybridized carbons (Fsp3) is 0.133. The van der Waals surface area contributed by atoms with Crippen molar-refractivity contribution in [2.24, 2.45) is 0 Å². The Labute approximate surface area is 136 Å². The van der Waals surface area contributed by atoms with Gasteiger partial charge in [-0.05, 0) is 58.4 Å². The number of rotatable bonds is 5. The highest BCUT2D eigenvalue weighted by Crippen LogP contribution is 2.27. The number of hydrogen-bond acceptors (Lipinski definition) is 3. The van der Waals surface area contributed by atoms with Gasteiger partial charge < -0.3 is 15.4 Å². The van der Waals surface area contributed by atoms with Gasteiger partial charge in [0.15, 0.2) is 0 Å². The van der Waals surface area contributed by atoms with E-state index in [-0.39, 0.29) is 12.5 Å². The zero-order valence-corrected chi connectivity index (χ0v) is 13.7. The Morgan fingerprint density at radius 2 is 1.86 bits per heavy atom. The maximum Gasteiger partial charge on any atom is 0.243 e. The van der Waals surface area contributed by atoms with E-state index in [0.717, 1.165) is 15.9 Å². The van der Waals surface area contributed by atoms with Crippen LogP contribution < -0.4 is 15.4 Å². The summed E-state index contributed by atoms with van der Waals surface area (Å²) in [5.41, 5.74) is 1.54. The van der Waals surface area contributed by atoms with Crippen molar-refractivity contribution < 1.29 is 9.53 Å². The SMILES string of the molecule is COc1ccc(NCC(=O)Nc2ccc(Cl)cc2)cc1Br. The van der Waals surface area contributed by atoms with Gasteiger partial charge in [0.05, 0.1) is 18.1 Å². The summed E-state index contributed by atoms with van der Waals surface area (Å²) in [6.07, 6.45) is 0. The Kier molecular flexibility index (Phi) is 5.47. The van der Waals surface area contributed by atoms with Gasteiger partial charge in [-0.3, -0.25) is 4.79 Å². The molecule has 0 unspecified atom stereocenters. The van der Waals surface area contributed by atoms with Crippen LogP contribution >= 0.6 is 27.5 Å². The van der Waals surface area contributed by atoms with Crippen molar-refractivity contribution in [3.63, 3.8) is 0 Å². The second-order valence-electron chi connectivity index (χ2n) is 4.26. The van der Waals surface area contributed by atoms with Gasteiger partial charge in [0.25, 0.3) is 0 Å². The van der Waals surface area contributed by atoms with Crippen molar-refractivity contribution in [2.45, 2.75) is 0 Å². The third-order valence-corrected chi connectivity index (χ3v) is 3.60. The predicted molar refractivity (Wildman–Crippen MR) is 89.3 cm³/mol. The van der Waals surface area contributed by atoms with E-state index in [1.165, 1.54) is 0 Å². The van der Waals surface area contributed by atoms with E-state index in [1.807, 2.05) is 18.2 Å². The van der Waals surface area contributed by atoms with Gasteiger partial charge in [-0.1, -0.05) is 11.6 Å². The average molecular weight is 370 g/mol. The molecule has 2 rings (SSSR count). The molecule has 0 atom stereocenters. The van der Waals surface area contributed by atoms with E-state index in [0.29, 0.717) is 10.7 Å². The molecule has 21 heavy (non-hydrogen) atoms. The highest BCUT2D eigenvalue weighted by molar-refractivity contribution is 9.10. The van der Waals surface area contributed by atoms with Gasteiger partial charge in [0.2, 0.25) is 5.91 Å². The summed E-state index contributed by atoms with van der Waals surface area (Å²) in [6, 6.07) is 12.5. The Morgan fingerprint density at radius 3 is 2.48 bits per heavy atom. The minimum Gasteiger partial charge on any atom is -0.496 e. The zero-order valence-electron chi connectivity index (χ0n) is 11.3. The molecule has 0 spiro atoms. The van der Waals surface area contributed by atoms with Crippen molar-refractivity contribution in [3.8, 4) is 5.75 Å². The molecule has 0 heterocycles. The van der Waals surface area contributed by atoms with Crippen LogP contribution in [0.3, 0.4) is 0 Å². The predicted octanol–water partition coefficient (Wildman–Crippen LogP) is 4.16. The number of methoxy groups -OCH3 is 1. The molecule has 0 aromatic heterocycles. The number of anilines is 2. The monoisotopic (exact) mass is 368 g/mol. The summed E-state index contributed by atoms with van der Waals surface area (Å²) in [7, 11) is 1.60. The Hall–Kier alpha value is -1.72. The Balaban J connectivity index is 1.89. The highest BCUT2D eigenvalue weighted by atomic mass is 79.9. The highest BCUT2D eigenvalue weighted by Gasteiger charge is 2.04. The molecule has 0 aliphatic rings. The largest absolute Gasteiger partial charge is 0.496 e. The number of carbonyl (C=O) groups is 1. The molecule has 1 amide bonds. The van der Waals surface area contributed by atoms with E-state index < -0.39 is 0 Å². The van der Waals surface area contributed by atoms with E-state index in [1.54, 1.807) is 31.4 Å². The van der Waals surface area contributed by atoms with Crippen LogP contribution in [0.15, 0.2) is 46.9 Å². The van der Waals surface area contributed by atoms with Crippen LogP contribution in [0.1, 0.15) is 0 Å². The minimum absolute atomic E-state index is 0.135. The number of ether oxygens (including phenoxy) is 1. The summed E-state index contributed by atoms with van der Waals surface area (Å²) >= 11 is 9.19. The second kappa shape index (κ2) is 7.33. The first-order valence-corrected chi connectivity index (χ1v) is 7.38. The maximum atomic E-state index is 11.8. The van der Waals surface area contributed by atoms with Crippen LogP contribution in [0.5, 0.6) is 5.75 Å². The normalized spacial score (nSPS) is 10.0. The maximum absolute atomic E-state index is 11.8. The fourth-order valence-corrected chi connectivity index (χ4v) is 2.36. The third kappa shape index (κ3) is 4.65. The van der Waals surface area contributed by atoms with E-state index in [2.05, 4.69) is 26.6 Å². The number of hydrogen-bond donors (Lipinski definition) is 2. The van der Waals surface area contributed by atoms with Crippen LogP contribution in [0.25, 0.3) is 0 Å². The molecule has 2 N–H and O–H groups in total. The van der Waals surface area contributed by atoms with Crippen molar-refractivity contribution in [1.29, 1.82) is 0 Å². The number of benzene rings is 2. The Morgan fingerprint density at radius 1 is 1.19 bits per heavy atom. The molecule has 2 aromatic carbocycles. The van der Waals surface area contributed by atoms with Crippen molar-refractivity contribution >= 4 is 44.8 Å². The van der Waals surface area contributed by atoms with Gasteiger partial charge in [-0.25, -0.2) is 0 Å². The van der Waals surface area contributed by atoms with Crippen molar-refractivity contribution in [2.75, 3.05) is 24.3 Å². The number of nitrogens with one attached hydrogen (secondary N) is 2. The molecule has 0 saturated heterocycles. The third-order valence-electron chi connectivity index (χ3n) is 2.73. The first-order valence-electron chi connectivity index (χ1n) is 6.21. The molecule has 4 nitrogen and oxygen atoms in total. The molecule has 0 fully saturated rings. The van der Waals surface area contributed by atoms with Gasteiger partial charge in [0, 0.05) is 16.4 Å². The summed E-state index contributed by atoms with van der Waals surface area (Å²) in [5, 5.41) is 6.46. The van der Waals surface area contributed by atoms with Crippen molar-refractivity contribution in [1.82, 2.24) is 0 Å². The van der Waals surface area contributed by atoms with Crippen LogP contribution in [0.2, 0.25) is 5.02 Å². The minimum atomic E-state index is -0.135. The molecule has 0 saturated carbocycles. The van der Waals surface area contributed by atoms with Crippen LogP contribution in [0.4, 0.5) is 11.4 Å². The Bertz CT molecular complexity index is 632. The first kappa shape index (κ1) is 15.7. The number of carbonyl (C=O) groups excluding carboxylic acids is 1. The van der Waals surface area contributed by atoms with Crippen molar-refractivity contribution in [3.05, 3.63) is 52.0 Å². The van der Waals surface area contributed by atoms with Crippen LogP contribution in [-0.4, -0.2) is 19.6 Å². The molecule has 0 aliphatic carbocycles. The van der Waals surface area contributed by atoms with Gasteiger partial charge in [-0.2, -0.15) is 0 Å². The lowest BCUT2D eigenvalue weighted by Gasteiger charge is -2.09. The summed E-state index contributed by atoms with van der Waals surface area (Å²) in [5.74, 6) is 0.607. The molecule has 6 heteroatoms. The molecule has 110 valence electrons. The van der Waals surface area contributed by atoms with Crippen LogP contribution in [0, 0.1) is 0 Å². The smallest absolute Gasteiger partial charge is 0.243 e. The van der Waals surface area contributed by atoms with Crippen LogP contribution in [-0.2, 0) is 4.79 Å². The van der Waals surface area contributed by atoms with Gasteiger partial charge >= 0.3 is 0 Å². The van der Waals surface area contributed by atoms with Gasteiger partial charge in [-0.15, -0.1) is 0 Å². The fourth-order valence-electron chi connectivity index (χ4n) is 1.70. The summed E-state index contributed by atoms with van der Waals surface area (Å²) < 4.78 is 5.98. The summed E-state index contributed by atoms with van der Waals surface area (Å²) in [6.45, 7) is 0.168. The topological polar surface area (TPSA) is 50.4 Å². The molecule has 0 aliphatic heterocycles. The van der Waals surface area contributed by atoms with E-state index in [4.69, 9.17) is 16.3 Å². The second-order valence-corrected chi connectivity index (χ2v) is 5.55. The first-order chi connectivity index (χ1) is 10.1. The lowest BCUT2D eigenvalue weighted by molar-refractivity contribution is -0.114. The molecular weight excluding hydrogens is 356 g/mol. The number of halogens is 2. The number of amides is 1. The summed E-state index contributed by atoms with van der Waals surface area (Å²) in [4.78, 5) is 11.8. The zero-order chi connectivity index (χ0) is 15.2. The molecule has 0 bridgehead atoms. The lowest BCUT2D eigenvalue weighted by Crippen LogP contribution is -2.21. The van der Waals surface area contributed by atoms with E-state index >= 15 is 0 Å². The standard InChI is InChI=1S/C15H14BrClN2O2/c1-21-14-7-6-12(8-13(14)16)18-9-15(20)19-11-4-2-10(17)3-5-11/h2-8,18H,9H2,1H3,(H,19,20). The van der Waals surface area contributed by atoms with E-state index in [9.17, 15) is 4.79 Å². The molecule has 0 radical (unpaired) electrons.